The summed E-state index contributed by atoms with van der Waals surface area (Å²) >= 11 is 0. The highest BCUT2D eigenvalue weighted by atomic mass is 16.9. The van der Waals surface area contributed by atoms with E-state index in [2.05, 4.69) is 0 Å². The molecule has 0 aromatic heterocycles. The summed E-state index contributed by atoms with van der Waals surface area (Å²) in [6, 6.07) is 25.3. The highest BCUT2D eigenvalue weighted by molar-refractivity contribution is 5.51. The molecule has 11 nitrogen and oxygen atoms in total. The second-order valence-electron chi connectivity index (χ2n) is 10.8. The molecule has 216 valence electrons. The molecule has 0 amide bonds. The van der Waals surface area contributed by atoms with Crippen LogP contribution in [0, 0.1) is 21.4 Å². The molecule has 3 heterocycles. The SMILES string of the molecule is N#Cc1ccc(Oc2ccc([C@]34C[C@H]5C[C@@](c6ccc(Oc7ccc([N+](=O)[O-])c(O)c7)cc6)(C3)O[C@H](O5)O4)cc2)cc1O. The number of rotatable bonds is 7. The molecule has 4 bridgehead atoms. The van der Waals surface area contributed by atoms with Crippen LogP contribution in [-0.4, -0.2) is 27.7 Å². The van der Waals surface area contributed by atoms with Gasteiger partial charge in [0.2, 0.25) is 0 Å². The summed E-state index contributed by atoms with van der Waals surface area (Å²) in [7, 11) is 0. The minimum absolute atomic E-state index is 0.0715. The van der Waals surface area contributed by atoms with Crippen LogP contribution in [0.3, 0.4) is 0 Å². The average molecular weight is 581 g/mol. The predicted molar refractivity (Wildman–Crippen MR) is 149 cm³/mol. The molecular weight excluding hydrogens is 556 g/mol. The number of hydrogen-bond acceptors (Lipinski definition) is 10. The number of benzene rings is 4. The molecule has 0 radical (unpaired) electrons. The van der Waals surface area contributed by atoms with E-state index in [0.717, 1.165) is 11.1 Å². The summed E-state index contributed by atoms with van der Waals surface area (Å²) < 4.78 is 30.3. The van der Waals surface area contributed by atoms with Crippen molar-refractivity contribution in [1.82, 2.24) is 0 Å². The van der Waals surface area contributed by atoms with Crippen molar-refractivity contribution in [3.8, 4) is 40.6 Å². The topological polar surface area (TPSA) is 154 Å². The number of nitriles is 1. The van der Waals surface area contributed by atoms with Crippen molar-refractivity contribution >= 4 is 5.69 Å². The number of nitro benzene ring substituents is 1. The molecule has 3 saturated heterocycles. The highest BCUT2D eigenvalue weighted by Crippen LogP contribution is 2.59. The third kappa shape index (κ3) is 4.77. The molecule has 43 heavy (non-hydrogen) atoms. The van der Waals surface area contributed by atoms with E-state index in [1.54, 1.807) is 18.2 Å². The van der Waals surface area contributed by atoms with Gasteiger partial charge in [-0.25, -0.2) is 0 Å². The number of nitro groups is 1. The highest BCUT2D eigenvalue weighted by Gasteiger charge is 2.62. The van der Waals surface area contributed by atoms with Gasteiger partial charge in [0.15, 0.2) is 5.75 Å². The second-order valence-corrected chi connectivity index (χ2v) is 10.8. The lowest BCUT2D eigenvalue weighted by Gasteiger charge is -2.60. The Balaban J connectivity index is 1.10. The van der Waals surface area contributed by atoms with Gasteiger partial charge in [0.1, 0.15) is 46.0 Å². The van der Waals surface area contributed by atoms with Crippen LogP contribution in [0.1, 0.15) is 36.0 Å². The zero-order chi connectivity index (χ0) is 29.8. The summed E-state index contributed by atoms with van der Waals surface area (Å²) in [5.41, 5.74) is 0.397. The molecule has 0 unspecified atom stereocenters. The molecule has 1 aliphatic carbocycles. The Morgan fingerprint density at radius 1 is 0.791 bits per heavy atom. The maximum absolute atomic E-state index is 11.0. The van der Waals surface area contributed by atoms with Gasteiger partial charge in [-0.05, 0) is 53.6 Å². The van der Waals surface area contributed by atoms with Gasteiger partial charge in [0.25, 0.3) is 6.48 Å². The lowest BCUT2D eigenvalue weighted by molar-refractivity contribution is -0.483. The Kier molecular flexibility index (Phi) is 6.21. The van der Waals surface area contributed by atoms with Crippen LogP contribution >= 0.6 is 0 Å². The van der Waals surface area contributed by atoms with Gasteiger partial charge < -0.3 is 33.9 Å². The van der Waals surface area contributed by atoms with Gasteiger partial charge in [-0.2, -0.15) is 5.26 Å². The molecule has 8 rings (SSSR count). The summed E-state index contributed by atoms with van der Waals surface area (Å²) in [5.74, 6) is 1.13. The van der Waals surface area contributed by atoms with Gasteiger partial charge >= 0.3 is 5.69 Å². The molecule has 4 fully saturated rings. The lowest BCUT2D eigenvalue weighted by Crippen LogP contribution is -2.63. The van der Waals surface area contributed by atoms with Crippen molar-refractivity contribution in [1.29, 1.82) is 5.26 Å². The number of phenols is 2. The molecule has 3 aliphatic heterocycles. The number of phenolic OH excluding ortho intramolecular Hbond substituents is 2. The minimum Gasteiger partial charge on any atom is -0.506 e. The van der Waals surface area contributed by atoms with Crippen molar-refractivity contribution in [2.45, 2.75) is 43.0 Å². The Morgan fingerprint density at radius 3 is 1.77 bits per heavy atom. The van der Waals surface area contributed by atoms with Crippen LogP contribution in [-0.2, 0) is 25.4 Å². The van der Waals surface area contributed by atoms with Crippen LogP contribution < -0.4 is 9.47 Å². The molecular formula is C32H24N2O9. The Labute approximate surface area is 245 Å². The van der Waals surface area contributed by atoms with E-state index >= 15 is 0 Å². The third-order valence-electron chi connectivity index (χ3n) is 8.10. The zero-order valence-electron chi connectivity index (χ0n) is 22.5. The van der Waals surface area contributed by atoms with E-state index in [4.69, 9.17) is 28.9 Å². The van der Waals surface area contributed by atoms with Gasteiger partial charge in [-0.1, -0.05) is 24.3 Å². The van der Waals surface area contributed by atoms with Crippen LogP contribution in [0.2, 0.25) is 0 Å². The quantitative estimate of drug-likeness (QED) is 0.184. The number of ether oxygens (including phenoxy) is 5. The molecule has 4 aromatic rings. The smallest absolute Gasteiger partial charge is 0.310 e. The van der Waals surface area contributed by atoms with E-state index in [1.807, 2.05) is 42.5 Å². The lowest BCUT2D eigenvalue weighted by atomic mass is 9.66. The van der Waals surface area contributed by atoms with Crippen LogP contribution in [0.4, 0.5) is 5.69 Å². The van der Waals surface area contributed by atoms with Crippen LogP contribution in [0.15, 0.2) is 84.9 Å². The first-order valence-corrected chi connectivity index (χ1v) is 13.5. The maximum atomic E-state index is 11.0. The summed E-state index contributed by atoms with van der Waals surface area (Å²) in [4.78, 5) is 10.3. The number of nitrogens with zero attached hydrogens (tertiary/aromatic N) is 2. The molecule has 1 saturated carbocycles. The first-order chi connectivity index (χ1) is 20.7. The van der Waals surface area contributed by atoms with E-state index in [0.29, 0.717) is 36.5 Å². The van der Waals surface area contributed by atoms with Gasteiger partial charge in [0, 0.05) is 37.5 Å². The largest absolute Gasteiger partial charge is 0.506 e. The van der Waals surface area contributed by atoms with E-state index in [1.165, 1.54) is 30.3 Å². The Morgan fingerprint density at radius 2 is 1.30 bits per heavy atom. The van der Waals surface area contributed by atoms with Crippen molar-refractivity contribution in [3.63, 3.8) is 0 Å². The minimum atomic E-state index is -0.821. The fraction of sp³-hybridized carbons (Fsp3) is 0.219. The van der Waals surface area contributed by atoms with Crippen molar-refractivity contribution in [2.24, 2.45) is 0 Å². The Bertz CT molecular complexity index is 1750. The van der Waals surface area contributed by atoms with E-state index in [-0.39, 0.29) is 23.2 Å². The molecule has 11 heteroatoms. The van der Waals surface area contributed by atoms with E-state index in [9.17, 15) is 20.3 Å². The summed E-state index contributed by atoms with van der Waals surface area (Å²) in [6.07, 6.45) is 1.83. The normalized spacial score (nSPS) is 25.2. The predicted octanol–water partition coefficient (Wildman–Crippen LogP) is 6.47. The van der Waals surface area contributed by atoms with Gasteiger partial charge in [-0.3, -0.25) is 10.1 Å². The number of hydrogen-bond donors (Lipinski definition) is 2. The first kappa shape index (κ1) is 26.7. The molecule has 2 N–H and O–H groups in total. The number of aromatic hydroxyl groups is 2. The summed E-state index contributed by atoms with van der Waals surface area (Å²) in [6.45, 7) is -0.821. The molecule has 0 spiro atoms. The molecule has 4 aliphatic rings. The average Bonchev–Trinajstić information content (AvgIpc) is 2.97. The van der Waals surface area contributed by atoms with Gasteiger partial charge in [-0.15, -0.1) is 0 Å². The van der Waals surface area contributed by atoms with Gasteiger partial charge in [0.05, 0.1) is 16.6 Å². The molecule has 4 atom stereocenters. The zero-order valence-corrected chi connectivity index (χ0v) is 22.5. The summed E-state index contributed by atoms with van der Waals surface area (Å²) in [5, 5.41) is 39.9. The molecule has 4 aromatic carbocycles. The maximum Gasteiger partial charge on any atom is 0.310 e. The third-order valence-corrected chi connectivity index (χ3v) is 8.10. The Hall–Kier alpha value is -5.15. The van der Waals surface area contributed by atoms with Crippen molar-refractivity contribution in [2.75, 3.05) is 0 Å². The van der Waals surface area contributed by atoms with Crippen LogP contribution in [0.25, 0.3) is 0 Å². The first-order valence-electron chi connectivity index (χ1n) is 13.5. The standard InChI is InChI=1S/C32H24N2O9/c33-17-19-1-6-24(13-28(19)35)39-22-7-2-20(3-8-22)31-15-26-16-32(18-31,43-30(41-26)42-31)21-4-9-23(10-5-21)40-25-11-12-27(34(37)38)29(36)14-25/h1-14,26,30,35-36H,15-16,18H2/t26-,30+,31-,32-/m0/s1. The van der Waals surface area contributed by atoms with Crippen molar-refractivity contribution in [3.05, 3.63) is 112 Å². The van der Waals surface area contributed by atoms with Crippen molar-refractivity contribution < 1.29 is 38.8 Å². The van der Waals surface area contributed by atoms with E-state index < -0.39 is 34.0 Å². The second kappa shape index (κ2) is 9.99. The van der Waals surface area contributed by atoms with Crippen LogP contribution in [0.5, 0.6) is 34.5 Å². The fourth-order valence-electron chi connectivity index (χ4n) is 6.19. The fourth-order valence-corrected chi connectivity index (χ4v) is 6.19. The monoisotopic (exact) mass is 580 g/mol.